The fraction of sp³-hybridized carbons (Fsp3) is 0.250. The maximum absolute atomic E-state index is 13.8. The molecule has 3 amide bonds. The summed E-state index contributed by atoms with van der Waals surface area (Å²) in [4.78, 5) is 39.0. The summed E-state index contributed by atoms with van der Waals surface area (Å²) >= 11 is 14.8. The molecule has 4 aliphatic rings. The molecule has 3 aromatic rings. The zero-order valence-electron chi connectivity index (χ0n) is 19.1. The molecule has 1 aliphatic heterocycles. The lowest BCUT2D eigenvalue weighted by molar-refractivity contribution is -0.142. The number of nitrogens with one attached hydrogen (secondary N) is 1. The molecule has 3 aliphatic carbocycles. The number of nitrogens with zero attached hydrogens (tertiary/aromatic N) is 1. The van der Waals surface area contributed by atoms with Crippen LogP contribution in [0.25, 0.3) is 0 Å². The molecule has 1 saturated heterocycles. The van der Waals surface area contributed by atoms with Crippen molar-refractivity contribution in [1.82, 2.24) is 4.90 Å². The molecule has 0 spiro atoms. The van der Waals surface area contributed by atoms with Crippen LogP contribution in [-0.2, 0) is 24.1 Å². The van der Waals surface area contributed by atoms with Gasteiger partial charge in [-0.1, -0.05) is 54.6 Å². The van der Waals surface area contributed by atoms with E-state index >= 15 is 0 Å². The van der Waals surface area contributed by atoms with E-state index < -0.39 is 45.9 Å². The molecule has 1 heterocycles. The van der Waals surface area contributed by atoms with Crippen LogP contribution in [0.3, 0.4) is 0 Å². The highest BCUT2D eigenvalue weighted by molar-refractivity contribution is 6.36. The molecule has 5 nitrogen and oxygen atoms in total. The van der Waals surface area contributed by atoms with Gasteiger partial charge in [-0.05, 0) is 59.4 Å². The monoisotopic (exact) mass is 504 g/mol. The van der Waals surface area contributed by atoms with Gasteiger partial charge in [0.15, 0.2) is 0 Å². The second kappa shape index (κ2) is 7.42. The van der Waals surface area contributed by atoms with Crippen molar-refractivity contribution in [3.63, 3.8) is 0 Å². The fourth-order valence-electron chi connectivity index (χ4n) is 6.04. The van der Waals surface area contributed by atoms with Crippen LogP contribution in [0, 0.1) is 25.7 Å². The van der Waals surface area contributed by atoms with Gasteiger partial charge in [0, 0.05) is 5.69 Å². The largest absolute Gasteiger partial charge is 0.325 e. The number of hydrogen-bond acceptors (Lipinski definition) is 3. The Morgan fingerprint density at radius 1 is 0.800 bits per heavy atom. The number of carbonyl (C=O) groups is 3. The third kappa shape index (κ3) is 2.79. The van der Waals surface area contributed by atoms with Gasteiger partial charge in [0.25, 0.3) is 0 Å². The Labute approximate surface area is 213 Å². The maximum Gasteiger partial charge on any atom is 0.244 e. The summed E-state index contributed by atoms with van der Waals surface area (Å²) in [6.45, 7) is 3.54. The standard InChI is InChI=1S/C28H22Cl2N2O3/c1-15-11-12-17(13-16(15)2)31-22(33)14-32-25(34)23-24(26(32)35)28(30)19-8-4-3-7-18(19)27(23,29)20-9-5-6-10-21(20)28/h3-13,23-24H,14H2,1-2H3,(H,31,33)/t23-,24+,27?,28?. The van der Waals surface area contributed by atoms with E-state index in [1.807, 2.05) is 74.5 Å². The number of anilines is 1. The summed E-state index contributed by atoms with van der Waals surface area (Å²) in [6.07, 6.45) is 0. The van der Waals surface area contributed by atoms with Crippen molar-refractivity contribution in [2.75, 3.05) is 11.9 Å². The van der Waals surface area contributed by atoms with Crippen LogP contribution >= 0.6 is 23.2 Å². The molecule has 2 bridgehead atoms. The van der Waals surface area contributed by atoms with Crippen molar-refractivity contribution in [2.45, 2.75) is 23.6 Å². The Morgan fingerprint density at radius 3 is 1.69 bits per heavy atom. The molecule has 1 N–H and O–H groups in total. The maximum atomic E-state index is 13.8. The second-order valence-corrected chi connectivity index (χ2v) is 10.8. The molecule has 7 rings (SSSR count). The van der Waals surface area contributed by atoms with Gasteiger partial charge in [-0.2, -0.15) is 0 Å². The molecule has 7 heteroatoms. The second-order valence-electron chi connectivity index (χ2n) is 9.58. The molecule has 2 atom stereocenters. The Hall–Kier alpha value is -3.15. The first-order valence-electron chi connectivity index (χ1n) is 11.5. The number of alkyl halides is 2. The number of hydrogen-bond donors (Lipinski definition) is 1. The van der Waals surface area contributed by atoms with Gasteiger partial charge >= 0.3 is 0 Å². The smallest absolute Gasteiger partial charge is 0.244 e. The fourth-order valence-corrected chi connectivity index (χ4v) is 7.14. The summed E-state index contributed by atoms with van der Waals surface area (Å²) < 4.78 is 0. The van der Waals surface area contributed by atoms with Crippen LogP contribution in [0.1, 0.15) is 33.4 Å². The molecule has 35 heavy (non-hydrogen) atoms. The van der Waals surface area contributed by atoms with Crippen molar-refractivity contribution < 1.29 is 14.4 Å². The first-order chi connectivity index (χ1) is 16.7. The summed E-state index contributed by atoms with van der Waals surface area (Å²) in [6, 6.07) is 20.5. The molecule has 176 valence electrons. The van der Waals surface area contributed by atoms with E-state index in [0.29, 0.717) is 5.69 Å². The molecule has 0 radical (unpaired) electrons. The summed E-state index contributed by atoms with van der Waals surface area (Å²) in [5.41, 5.74) is 5.68. The minimum Gasteiger partial charge on any atom is -0.325 e. The minimum absolute atomic E-state index is 0.399. The normalized spacial score (nSPS) is 27.9. The third-order valence-electron chi connectivity index (χ3n) is 7.77. The molecule has 0 unspecified atom stereocenters. The van der Waals surface area contributed by atoms with E-state index in [2.05, 4.69) is 5.32 Å². The highest BCUT2D eigenvalue weighted by atomic mass is 35.5. The van der Waals surface area contributed by atoms with Gasteiger partial charge in [-0.3, -0.25) is 19.3 Å². The van der Waals surface area contributed by atoms with Crippen LogP contribution in [0.4, 0.5) is 5.69 Å². The lowest BCUT2D eigenvalue weighted by Crippen LogP contribution is -2.57. The SMILES string of the molecule is Cc1ccc(NC(=O)CN2C(=O)[C@@H]3[C@H](C2=O)C2(Cl)c4ccccc4C3(Cl)c3ccccc32)cc1C. The zero-order valence-corrected chi connectivity index (χ0v) is 20.7. The molecular formula is C28H22Cl2N2O3. The molecule has 0 aromatic heterocycles. The Morgan fingerprint density at radius 2 is 1.26 bits per heavy atom. The van der Waals surface area contributed by atoms with Gasteiger partial charge in [0.05, 0.1) is 11.8 Å². The van der Waals surface area contributed by atoms with Crippen LogP contribution in [0.15, 0.2) is 66.7 Å². The van der Waals surface area contributed by atoms with Gasteiger partial charge in [-0.25, -0.2) is 0 Å². The number of halogens is 2. The van der Waals surface area contributed by atoms with Crippen molar-refractivity contribution in [2.24, 2.45) is 11.8 Å². The van der Waals surface area contributed by atoms with Crippen molar-refractivity contribution in [3.8, 4) is 0 Å². The predicted octanol–water partition coefficient (Wildman–Crippen LogP) is 4.84. The van der Waals surface area contributed by atoms with E-state index in [9.17, 15) is 14.4 Å². The van der Waals surface area contributed by atoms with E-state index in [0.717, 1.165) is 38.3 Å². The van der Waals surface area contributed by atoms with Crippen LogP contribution in [0.2, 0.25) is 0 Å². The van der Waals surface area contributed by atoms with E-state index in [4.69, 9.17) is 23.2 Å². The van der Waals surface area contributed by atoms with Crippen LogP contribution < -0.4 is 5.32 Å². The molecular weight excluding hydrogens is 483 g/mol. The van der Waals surface area contributed by atoms with E-state index in [-0.39, 0.29) is 0 Å². The highest BCUT2D eigenvalue weighted by Gasteiger charge is 2.73. The van der Waals surface area contributed by atoms with E-state index in [1.165, 1.54) is 0 Å². The van der Waals surface area contributed by atoms with Gasteiger partial charge in [0.2, 0.25) is 17.7 Å². The molecule has 1 fully saturated rings. The predicted molar refractivity (Wildman–Crippen MR) is 134 cm³/mol. The number of imide groups is 1. The Bertz CT molecular complexity index is 1330. The van der Waals surface area contributed by atoms with Crippen LogP contribution in [0.5, 0.6) is 0 Å². The van der Waals surface area contributed by atoms with Crippen molar-refractivity contribution >= 4 is 46.6 Å². The number of amides is 3. The molecule has 0 saturated carbocycles. The summed E-state index contributed by atoms with van der Waals surface area (Å²) in [5, 5.41) is 2.80. The number of carbonyl (C=O) groups excluding carboxylic acids is 3. The third-order valence-corrected chi connectivity index (χ3v) is 9.05. The highest BCUT2D eigenvalue weighted by Crippen LogP contribution is 2.69. The minimum atomic E-state index is -1.25. The first-order valence-corrected chi connectivity index (χ1v) is 12.2. The van der Waals surface area contributed by atoms with Gasteiger partial charge < -0.3 is 5.32 Å². The molecule has 3 aromatic carbocycles. The average Bonchev–Trinajstić information content (AvgIpc) is 3.10. The summed E-state index contributed by atoms with van der Waals surface area (Å²) in [5.74, 6) is -3.22. The number of likely N-dealkylation sites (tertiary alicyclic amines) is 1. The topological polar surface area (TPSA) is 66.5 Å². The van der Waals surface area contributed by atoms with Gasteiger partial charge in [0.1, 0.15) is 16.3 Å². The first kappa shape index (κ1) is 22.3. The van der Waals surface area contributed by atoms with E-state index in [1.54, 1.807) is 6.07 Å². The van der Waals surface area contributed by atoms with Crippen molar-refractivity contribution in [3.05, 3.63) is 100 Å². The number of aryl methyl sites for hydroxylation is 2. The quantitative estimate of drug-likeness (QED) is 0.410. The lowest BCUT2D eigenvalue weighted by atomic mass is 9.54. The average molecular weight is 505 g/mol. The summed E-state index contributed by atoms with van der Waals surface area (Å²) in [7, 11) is 0. The van der Waals surface area contributed by atoms with Crippen LogP contribution in [-0.4, -0.2) is 29.2 Å². The Kier molecular flexibility index (Phi) is 4.73. The zero-order chi connectivity index (χ0) is 24.7. The Balaban J connectivity index is 1.40. The lowest BCUT2D eigenvalue weighted by Gasteiger charge is -2.54. The van der Waals surface area contributed by atoms with Crippen molar-refractivity contribution in [1.29, 1.82) is 0 Å². The van der Waals surface area contributed by atoms with Gasteiger partial charge in [-0.15, -0.1) is 23.2 Å². The number of rotatable bonds is 3. The number of benzene rings is 3.